The van der Waals surface area contributed by atoms with Gasteiger partial charge in [0.15, 0.2) is 0 Å². The normalized spacial score (nSPS) is 10.5. The summed E-state index contributed by atoms with van der Waals surface area (Å²) in [7, 11) is 3.59. The number of para-hydroxylation sites is 1. The van der Waals surface area contributed by atoms with Crippen LogP contribution in [-0.4, -0.2) is 28.7 Å². The number of carbonyl (C=O) groups excluding carboxylic acids is 2. The molecule has 0 unspecified atom stereocenters. The van der Waals surface area contributed by atoms with Gasteiger partial charge in [-0.15, -0.1) is 0 Å². The zero-order chi connectivity index (χ0) is 12.4. The predicted molar refractivity (Wildman–Crippen MR) is 65.5 cm³/mol. The standard InChI is InChI=1S/C13H14N2O2/c1-14-7-10(8-15(2)13(17)9-16)11-5-3-4-6-12(11)14/h3-7,9H,8H2,1-2H3. The maximum atomic E-state index is 11.2. The molecule has 0 fully saturated rings. The van der Waals surface area contributed by atoms with Crippen molar-refractivity contribution in [3.05, 3.63) is 36.0 Å². The van der Waals surface area contributed by atoms with E-state index >= 15 is 0 Å². The van der Waals surface area contributed by atoms with Crippen LogP contribution in [0.4, 0.5) is 0 Å². The van der Waals surface area contributed by atoms with Crippen molar-refractivity contribution in [3.8, 4) is 0 Å². The van der Waals surface area contributed by atoms with Crippen LogP contribution in [0.15, 0.2) is 30.5 Å². The Bertz CT molecular complexity index is 572. The summed E-state index contributed by atoms with van der Waals surface area (Å²) in [4.78, 5) is 23.0. The van der Waals surface area contributed by atoms with Crippen molar-refractivity contribution in [2.24, 2.45) is 7.05 Å². The molecular weight excluding hydrogens is 216 g/mol. The molecule has 0 aliphatic heterocycles. The molecule has 4 heteroatoms. The van der Waals surface area contributed by atoms with Gasteiger partial charge in [0.1, 0.15) is 0 Å². The Morgan fingerprint density at radius 2 is 2.12 bits per heavy atom. The molecule has 2 rings (SSSR count). The molecule has 0 aliphatic rings. The van der Waals surface area contributed by atoms with Crippen molar-refractivity contribution in [3.63, 3.8) is 0 Å². The van der Waals surface area contributed by atoms with Crippen molar-refractivity contribution in [1.29, 1.82) is 0 Å². The Morgan fingerprint density at radius 3 is 2.82 bits per heavy atom. The molecular formula is C13H14N2O2. The average Bonchev–Trinajstić information content (AvgIpc) is 2.66. The lowest BCUT2D eigenvalue weighted by Crippen LogP contribution is -2.26. The van der Waals surface area contributed by atoms with E-state index in [1.165, 1.54) is 4.90 Å². The summed E-state index contributed by atoms with van der Waals surface area (Å²) in [5.74, 6) is -0.502. The summed E-state index contributed by atoms with van der Waals surface area (Å²) in [5, 5.41) is 1.11. The topological polar surface area (TPSA) is 42.3 Å². The van der Waals surface area contributed by atoms with Gasteiger partial charge in [-0.1, -0.05) is 18.2 Å². The number of rotatable bonds is 3. The Balaban J connectivity index is 2.36. The van der Waals surface area contributed by atoms with E-state index < -0.39 is 5.91 Å². The minimum Gasteiger partial charge on any atom is -0.350 e. The Morgan fingerprint density at radius 1 is 1.41 bits per heavy atom. The van der Waals surface area contributed by atoms with Gasteiger partial charge in [-0.05, 0) is 11.6 Å². The van der Waals surface area contributed by atoms with Crippen LogP contribution >= 0.6 is 0 Å². The van der Waals surface area contributed by atoms with Gasteiger partial charge in [-0.3, -0.25) is 9.59 Å². The first-order chi connectivity index (χ1) is 8.13. The molecule has 0 bridgehead atoms. The molecule has 0 spiro atoms. The third-order valence-corrected chi connectivity index (χ3v) is 2.86. The Hall–Kier alpha value is -2.10. The number of carbonyl (C=O) groups is 2. The zero-order valence-corrected chi connectivity index (χ0v) is 9.88. The maximum Gasteiger partial charge on any atom is 0.286 e. The molecule has 88 valence electrons. The van der Waals surface area contributed by atoms with Gasteiger partial charge in [0.05, 0.1) is 0 Å². The smallest absolute Gasteiger partial charge is 0.286 e. The van der Waals surface area contributed by atoms with E-state index in [4.69, 9.17) is 0 Å². The second-order valence-corrected chi connectivity index (χ2v) is 4.09. The summed E-state index contributed by atoms with van der Waals surface area (Å²) in [5.41, 5.74) is 2.16. The van der Waals surface area contributed by atoms with Crippen molar-refractivity contribution in [2.45, 2.75) is 6.54 Å². The third kappa shape index (κ3) is 2.06. The minimum absolute atomic E-state index is 0.338. The maximum absolute atomic E-state index is 11.2. The number of hydrogen-bond donors (Lipinski definition) is 0. The predicted octanol–water partition coefficient (Wildman–Crippen LogP) is 1.34. The molecule has 0 saturated carbocycles. The zero-order valence-electron chi connectivity index (χ0n) is 9.88. The highest BCUT2D eigenvalue weighted by Crippen LogP contribution is 2.21. The number of amides is 1. The van der Waals surface area contributed by atoms with Crippen molar-refractivity contribution in [2.75, 3.05) is 7.05 Å². The molecule has 0 atom stereocenters. The van der Waals surface area contributed by atoms with Crippen LogP contribution in [0.5, 0.6) is 0 Å². The monoisotopic (exact) mass is 230 g/mol. The second-order valence-electron chi connectivity index (χ2n) is 4.09. The molecule has 2 aromatic rings. The number of nitrogens with zero attached hydrogens (tertiary/aromatic N) is 2. The summed E-state index contributed by atoms with van der Waals surface area (Å²) in [6, 6.07) is 7.99. The number of likely N-dealkylation sites (N-methyl/N-ethyl adjacent to an activating group) is 1. The van der Waals surface area contributed by atoms with Crippen LogP contribution in [0.3, 0.4) is 0 Å². The first-order valence-electron chi connectivity index (χ1n) is 5.36. The van der Waals surface area contributed by atoms with Crippen LogP contribution < -0.4 is 0 Å². The lowest BCUT2D eigenvalue weighted by molar-refractivity contribution is -0.138. The van der Waals surface area contributed by atoms with Crippen molar-refractivity contribution in [1.82, 2.24) is 9.47 Å². The Labute approximate surface area is 99.4 Å². The molecule has 17 heavy (non-hydrogen) atoms. The van der Waals surface area contributed by atoms with Crippen LogP contribution in [0.25, 0.3) is 10.9 Å². The van der Waals surface area contributed by atoms with E-state index in [1.807, 2.05) is 42.1 Å². The molecule has 0 N–H and O–H groups in total. The largest absolute Gasteiger partial charge is 0.350 e. The molecule has 0 aliphatic carbocycles. The van der Waals surface area contributed by atoms with Gasteiger partial charge in [-0.2, -0.15) is 0 Å². The van der Waals surface area contributed by atoms with Crippen molar-refractivity contribution < 1.29 is 9.59 Å². The quantitative estimate of drug-likeness (QED) is 0.589. The van der Waals surface area contributed by atoms with Gasteiger partial charge in [0, 0.05) is 37.7 Å². The molecule has 0 saturated heterocycles. The van der Waals surface area contributed by atoms with Gasteiger partial charge >= 0.3 is 0 Å². The molecule has 4 nitrogen and oxygen atoms in total. The number of benzene rings is 1. The van der Waals surface area contributed by atoms with E-state index in [-0.39, 0.29) is 0 Å². The lowest BCUT2D eigenvalue weighted by Gasteiger charge is -2.12. The fourth-order valence-corrected chi connectivity index (χ4v) is 1.97. The highest BCUT2D eigenvalue weighted by atomic mass is 16.2. The SMILES string of the molecule is CN(Cc1cn(C)c2ccccc12)C(=O)C=O. The fourth-order valence-electron chi connectivity index (χ4n) is 1.97. The van der Waals surface area contributed by atoms with Crippen LogP contribution in [0.1, 0.15) is 5.56 Å². The van der Waals surface area contributed by atoms with E-state index in [2.05, 4.69) is 0 Å². The second kappa shape index (κ2) is 4.41. The van der Waals surface area contributed by atoms with E-state index in [1.54, 1.807) is 7.05 Å². The van der Waals surface area contributed by atoms with Gasteiger partial charge in [0.25, 0.3) is 5.91 Å². The highest BCUT2D eigenvalue weighted by molar-refractivity contribution is 6.23. The number of aromatic nitrogens is 1. The van der Waals surface area contributed by atoms with E-state index in [0.29, 0.717) is 12.8 Å². The third-order valence-electron chi connectivity index (χ3n) is 2.86. The summed E-state index contributed by atoms with van der Waals surface area (Å²) >= 11 is 0. The number of aryl methyl sites for hydroxylation is 1. The lowest BCUT2D eigenvalue weighted by atomic mass is 10.1. The van der Waals surface area contributed by atoms with Gasteiger partial charge in [0.2, 0.25) is 6.29 Å². The van der Waals surface area contributed by atoms with Crippen LogP contribution in [0.2, 0.25) is 0 Å². The first-order valence-corrected chi connectivity index (χ1v) is 5.36. The van der Waals surface area contributed by atoms with Crippen LogP contribution in [0, 0.1) is 0 Å². The van der Waals surface area contributed by atoms with E-state index in [9.17, 15) is 9.59 Å². The number of hydrogen-bond acceptors (Lipinski definition) is 2. The average molecular weight is 230 g/mol. The van der Waals surface area contributed by atoms with Gasteiger partial charge in [-0.25, -0.2) is 0 Å². The summed E-state index contributed by atoms with van der Waals surface area (Å²) in [6.07, 6.45) is 2.32. The molecule has 1 aromatic carbocycles. The van der Waals surface area contributed by atoms with Crippen LogP contribution in [-0.2, 0) is 23.2 Å². The fraction of sp³-hybridized carbons (Fsp3) is 0.231. The van der Waals surface area contributed by atoms with E-state index in [0.717, 1.165) is 16.5 Å². The summed E-state index contributed by atoms with van der Waals surface area (Å²) < 4.78 is 2.02. The number of aldehydes is 1. The molecule has 1 heterocycles. The Kier molecular flexibility index (Phi) is 2.95. The summed E-state index contributed by atoms with van der Waals surface area (Å²) in [6.45, 7) is 0.443. The first kappa shape index (κ1) is 11.4. The molecule has 1 amide bonds. The van der Waals surface area contributed by atoms with Crippen molar-refractivity contribution >= 4 is 23.1 Å². The molecule has 1 aromatic heterocycles. The van der Waals surface area contributed by atoms with Gasteiger partial charge < -0.3 is 9.47 Å². The number of fused-ring (bicyclic) bond motifs is 1. The highest BCUT2D eigenvalue weighted by Gasteiger charge is 2.11. The minimum atomic E-state index is -0.502. The molecule has 0 radical (unpaired) electrons.